The van der Waals surface area contributed by atoms with Crippen LogP contribution >= 0.6 is 23.8 Å². The van der Waals surface area contributed by atoms with Crippen molar-refractivity contribution in [2.75, 3.05) is 0 Å². The van der Waals surface area contributed by atoms with Crippen LogP contribution in [-0.2, 0) is 6.18 Å². The number of benzene rings is 2. The highest BCUT2D eigenvalue weighted by atomic mass is 35.5. The zero-order valence-corrected chi connectivity index (χ0v) is 15.7. The molecular formula is C18H10ClF4N3O2S. The Bertz CT molecular complexity index is 1230. The number of hydrogen-bond donors (Lipinski definition) is 2. The molecule has 11 heteroatoms. The number of hydrogen-bond acceptors (Lipinski definition) is 4. The number of halogens is 5. The summed E-state index contributed by atoms with van der Waals surface area (Å²) in [5.41, 5.74) is -2.65. The molecule has 1 heterocycles. The van der Waals surface area contributed by atoms with Gasteiger partial charge in [-0.2, -0.15) is 13.2 Å². The highest BCUT2D eigenvalue weighted by molar-refractivity contribution is 7.71. The van der Waals surface area contributed by atoms with E-state index in [1.54, 1.807) is 0 Å². The molecule has 0 saturated carbocycles. The van der Waals surface area contributed by atoms with Gasteiger partial charge in [0.1, 0.15) is 11.4 Å². The third-order valence-electron chi connectivity index (χ3n) is 3.82. The molecule has 0 aliphatic rings. The SMILES string of the molecule is O=c1[nH]c(=S)n(-c2ccc(F)c(Cl)c2)c(O)c1C=Nc1ccccc1C(F)(F)F. The Labute approximate surface area is 170 Å². The van der Waals surface area contributed by atoms with Gasteiger partial charge in [-0.15, -0.1) is 0 Å². The second-order valence-corrected chi connectivity index (χ2v) is 6.50. The van der Waals surface area contributed by atoms with Crippen LogP contribution in [0.25, 0.3) is 5.69 Å². The van der Waals surface area contributed by atoms with Gasteiger partial charge >= 0.3 is 6.18 Å². The van der Waals surface area contributed by atoms with E-state index in [2.05, 4.69) is 9.98 Å². The molecule has 0 unspecified atom stereocenters. The van der Waals surface area contributed by atoms with E-state index < -0.39 is 40.2 Å². The highest BCUT2D eigenvalue weighted by Crippen LogP contribution is 2.36. The van der Waals surface area contributed by atoms with Gasteiger partial charge in [0.2, 0.25) is 5.88 Å². The van der Waals surface area contributed by atoms with Crippen LogP contribution in [0.5, 0.6) is 5.88 Å². The normalized spacial score (nSPS) is 11.9. The summed E-state index contributed by atoms with van der Waals surface area (Å²) in [4.78, 5) is 18.1. The van der Waals surface area contributed by atoms with Crippen molar-refractivity contribution in [3.05, 3.63) is 79.6 Å². The first kappa shape index (κ1) is 20.7. The van der Waals surface area contributed by atoms with Gasteiger partial charge in [-0.1, -0.05) is 23.7 Å². The van der Waals surface area contributed by atoms with Crippen molar-refractivity contribution in [1.82, 2.24) is 9.55 Å². The predicted octanol–water partition coefficient (Wildman–Crippen LogP) is 5.16. The molecule has 0 fully saturated rings. The number of aromatic amines is 1. The second kappa shape index (κ2) is 7.80. The molecule has 0 spiro atoms. The molecule has 1 aromatic heterocycles. The van der Waals surface area contributed by atoms with E-state index in [9.17, 15) is 27.5 Å². The largest absolute Gasteiger partial charge is 0.494 e. The van der Waals surface area contributed by atoms with Crippen molar-refractivity contribution in [2.45, 2.75) is 6.18 Å². The van der Waals surface area contributed by atoms with Gasteiger partial charge in [0.05, 0.1) is 22.0 Å². The van der Waals surface area contributed by atoms with Crippen LogP contribution < -0.4 is 5.56 Å². The molecule has 0 aliphatic carbocycles. The molecule has 3 rings (SSSR count). The van der Waals surface area contributed by atoms with Crippen LogP contribution in [0.1, 0.15) is 11.1 Å². The number of alkyl halides is 3. The lowest BCUT2D eigenvalue weighted by Crippen LogP contribution is -2.18. The van der Waals surface area contributed by atoms with Crippen LogP contribution in [0.15, 0.2) is 52.3 Å². The number of aliphatic imine (C=N–C) groups is 1. The maximum atomic E-state index is 13.4. The lowest BCUT2D eigenvalue weighted by molar-refractivity contribution is -0.137. The summed E-state index contributed by atoms with van der Waals surface area (Å²) < 4.78 is 53.4. The summed E-state index contributed by atoms with van der Waals surface area (Å²) >= 11 is 10.7. The molecule has 5 nitrogen and oxygen atoms in total. The third kappa shape index (κ3) is 4.22. The van der Waals surface area contributed by atoms with Crippen molar-refractivity contribution >= 4 is 35.7 Å². The van der Waals surface area contributed by atoms with E-state index in [1.165, 1.54) is 18.2 Å². The fraction of sp³-hybridized carbons (Fsp3) is 0.0556. The van der Waals surface area contributed by atoms with E-state index in [0.717, 1.165) is 35.0 Å². The summed E-state index contributed by atoms with van der Waals surface area (Å²) in [6, 6.07) is 7.92. The number of rotatable bonds is 3. The minimum atomic E-state index is -4.66. The van der Waals surface area contributed by atoms with Gasteiger partial charge in [-0.05, 0) is 42.5 Å². The minimum absolute atomic E-state index is 0.125. The van der Waals surface area contributed by atoms with E-state index in [-0.39, 0.29) is 15.5 Å². The number of aromatic nitrogens is 2. The van der Waals surface area contributed by atoms with E-state index in [1.807, 2.05) is 0 Å². The molecule has 0 amide bonds. The average Bonchev–Trinajstić information content (AvgIpc) is 2.63. The maximum Gasteiger partial charge on any atom is 0.418 e. The van der Waals surface area contributed by atoms with Crippen LogP contribution in [0.3, 0.4) is 0 Å². The molecule has 2 aromatic carbocycles. The van der Waals surface area contributed by atoms with Crippen molar-refractivity contribution in [3.63, 3.8) is 0 Å². The first-order chi connectivity index (χ1) is 13.6. The zero-order chi connectivity index (χ0) is 21.3. The second-order valence-electron chi connectivity index (χ2n) is 5.70. The predicted molar refractivity (Wildman–Crippen MR) is 103 cm³/mol. The first-order valence-corrected chi connectivity index (χ1v) is 8.62. The Balaban J connectivity index is 2.15. The lowest BCUT2D eigenvalue weighted by atomic mass is 10.2. The van der Waals surface area contributed by atoms with Crippen LogP contribution in [0, 0.1) is 10.6 Å². The fourth-order valence-electron chi connectivity index (χ4n) is 2.48. The molecule has 0 saturated heterocycles. The lowest BCUT2D eigenvalue weighted by Gasteiger charge is -2.12. The summed E-state index contributed by atoms with van der Waals surface area (Å²) in [5.74, 6) is -1.41. The van der Waals surface area contributed by atoms with Gasteiger partial charge in [0.15, 0.2) is 4.77 Å². The molecule has 0 radical (unpaired) electrons. The van der Waals surface area contributed by atoms with Crippen LogP contribution in [0.2, 0.25) is 5.02 Å². The number of para-hydroxylation sites is 1. The number of aromatic hydroxyl groups is 1. The number of nitrogens with one attached hydrogen (secondary N) is 1. The molecule has 29 heavy (non-hydrogen) atoms. The fourth-order valence-corrected chi connectivity index (χ4v) is 2.94. The molecule has 150 valence electrons. The molecule has 0 bridgehead atoms. The number of nitrogens with zero attached hydrogens (tertiary/aromatic N) is 2. The minimum Gasteiger partial charge on any atom is -0.494 e. The van der Waals surface area contributed by atoms with Crippen LogP contribution in [-0.4, -0.2) is 20.9 Å². The Hall–Kier alpha value is -2.98. The highest BCUT2D eigenvalue weighted by Gasteiger charge is 2.33. The third-order valence-corrected chi connectivity index (χ3v) is 4.40. The topological polar surface area (TPSA) is 70.4 Å². The monoisotopic (exact) mass is 443 g/mol. The number of H-pyrrole nitrogens is 1. The molecule has 0 aliphatic heterocycles. The van der Waals surface area contributed by atoms with Gasteiger partial charge in [0, 0.05) is 6.21 Å². The Morgan fingerprint density at radius 3 is 2.55 bits per heavy atom. The first-order valence-electron chi connectivity index (χ1n) is 7.83. The molecule has 2 N–H and O–H groups in total. The van der Waals surface area contributed by atoms with Gasteiger partial charge in [0.25, 0.3) is 5.56 Å². The van der Waals surface area contributed by atoms with Crippen molar-refractivity contribution < 1.29 is 22.7 Å². The Kier molecular flexibility index (Phi) is 5.58. The zero-order valence-electron chi connectivity index (χ0n) is 14.2. The van der Waals surface area contributed by atoms with E-state index in [0.29, 0.717) is 0 Å². The maximum absolute atomic E-state index is 13.4. The Morgan fingerprint density at radius 2 is 1.90 bits per heavy atom. The van der Waals surface area contributed by atoms with Gasteiger partial charge in [-0.3, -0.25) is 19.3 Å². The summed E-state index contributed by atoms with van der Waals surface area (Å²) in [6.45, 7) is 0. The van der Waals surface area contributed by atoms with E-state index in [4.69, 9.17) is 23.8 Å². The average molecular weight is 444 g/mol. The quantitative estimate of drug-likeness (QED) is 0.333. The summed E-state index contributed by atoms with van der Waals surface area (Å²) in [5, 5.41) is 10.2. The molecule has 0 atom stereocenters. The van der Waals surface area contributed by atoms with Crippen LogP contribution in [0.4, 0.5) is 23.2 Å². The smallest absolute Gasteiger partial charge is 0.418 e. The van der Waals surface area contributed by atoms with Gasteiger partial charge in [-0.25, -0.2) is 4.39 Å². The van der Waals surface area contributed by atoms with Gasteiger partial charge < -0.3 is 5.11 Å². The van der Waals surface area contributed by atoms with Crippen molar-refractivity contribution in [2.24, 2.45) is 4.99 Å². The van der Waals surface area contributed by atoms with Crippen molar-refractivity contribution in [3.8, 4) is 11.6 Å². The van der Waals surface area contributed by atoms with E-state index >= 15 is 0 Å². The summed E-state index contributed by atoms with van der Waals surface area (Å²) in [6.07, 6.45) is -3.87. The molecule has 3 aromatic rings. The Morgan fingerprint density at radius 1 is 1.21 bits per heavy atom. The summed E-state index contributed by atoms with van der Waals surface area (Å²) in [7, 11) is 0. The molecular weight excluding hydrogens is 434 g/mol. The van der Waals surface area contributed by atoms with Crippen molar-refractivity contribution in [1.29, 1.82) is 0 Å². The standard InChI is InChI=1S/C18H10ClF4N3O2S/c19-12-7-9(5-6-13(12)20)26-16(28)10(15(27)25-17(26)29)8-24-14-4-2-1-3-11(14)18(21,22)23/h1-8,28H,(H,25,27,29).